The van der Waals surface area contributed by atoms with E-state index in [1.807, 2.05) is 39.0 Å². The van der Waals surface area contributed by atoms with Gasteiger partial charge in [0.05, 0.1) is 5.92 Å². The summed E-state index contributed by atoms with van der Waals surface area (Å²) in [6.45, 7) is 6.03. The maximum absolute atomic E-state index is 13.0. The third-order valence-corrected chi connectivity index (χ3v) is 5.38. The number of aliphatic hydroxyl groups is 1. The summed E-state index contributed by atoms with van der Waals surface area (Å²) >= 11 is 0. The summed E-state index contributed by atoms with van der Waals surface area (Å²) in [5.41, 5.74) is 3.19. The second-order valence-corrected chi connectivity index (χ2v) is 7.89. The van der Waals surface area contributed by atoms with Gasteiger partial charge in [-0.1, -0.05) is 26.0 Å². The molecule has 0 saturated heterocycles. The Morgan fingerprint density at radius 3 is 2.45 bits per heavy atom. The van der Waals surface area contributed by atoms with E-state index < -0.39 is 12.0 Å². The van der Waals surface area contributed by atoms with E-state index in [-0.39, 0.29) is 23.5 Å². The smallest absolute Gasteiger partial charge is 0.256 e. The Morgan fingerprint density at radius 1 is 1.10 bits per heavy atom. The van der Waals surface area contributed by atoms with Gasteiger partial charge in [-0.25, -0.2) is 4.39 Å². The number of nitrogens with zero attached hydrogens (tertiary/aromatic N) is 1. The first kappa shape index (κ1) is 21.0. The van der Waals surface area contributed by atoms with E-state index >= 15 is 0 Å². The lowest BCUT2D eigenvalue weighted by Crippen LogP contribution is -2.44. The minimum atomic E-state index is -1.03. The van der Waals surface area contributed by atoms with Crippen molar-refractivity contribution in [2.45, 2.75) is 45.6 Å². The average Bonchev–Trinajstić information content (AvgIpc) is 2.72. The van der Waals surface area contributed by atoms with Gasteiger partial charge >= 0.3 is 0 Å². The Hall–Kier alpha value is -2.73. The van der Waals surface area contributed by atoms with Crippen LogP contribution in [0.25, 0.3) is 0 Å². The highest BCUT2D eigenvalue weighted by atomic mass is 19.1. The molecule has 2 amide bonds. The zero-order chi connectivity index (χ0) is 21.1. The number of aryl methyl sites for hydroxylation is 1. The molecule has 5 nitrogen and oxygen atoms in total. The van der Waals surface area contributed by atoms with Crippen molar-refractivity contribution in [3.63, 3.8) is 0 Å². The zero-order valence-corrected chi connectivity index (χ0v) is 17.0. The van der Waals surface area contributed by atoms with Gasteiger partial charge in [0, 0.05) is 17.9 Å². The number of carbonyl (C=O) groups excluding carboxylic acids is 2. The molecule has 0 radical (unpaired) electrons. The van der Waals surface area contributed by atoms with Crippen LogP contribution in [-0.4, -0.2) is 29.6 Å². The van der Waals surface area contributed by atoms with Crippen LogP contribution in [-0.2, 0) is 16.0 Å². The molecule has 6 heteroatoms. The van der Waals surface area contributed by atoms with Crippen molar-refractivity contribution in [3.05, 3.63) is 59.4 Å². The van der Waals surface area contributed by atoms with Gasteiger partial charge in [0.1, 0.15) is 11.9 Å². The third kappa shape index (κ3) is 4.65. The van der Waals surface area contributed by atoms with Crippen molar-refractivity contribution in [3.8, 4) is 0 Å². The first-order valence-corrected chi connectivity index (χ1v) is 9.96. The molecule has 0 saturated carbocycles. The van der Waals surface area contributed by atoms with Gasteiger partial charge in [-0.2, -0.15) is 0 Å². The fourth-order valence-electron chi connectivity index (χ4n) is 3.50. The molecule has 1 aliphatic heterocycles. The van der Waals surface area contributed by atoms with Crippen molar-refractivity contribution in [1.82, 2.24) is 0 Å². The summed E-state index contributed by atoms with van der Waals surface area (Å²) in [5.74, 6) is -1.38. The molecule has 0 bridgehead atoms. The number of rotatable bonds is 5. The topological polar surface area (TPSA) is 69.6 Å². The second kappa shape index (κ2) is 8.74. The van der Waals surface area contributed by atoms with Crippen LogP contribution in [0.5, 0.6) is 0 Å². The third-order valence-electron chi connectivity index (χ3n) is 5.38. The lowest BCUT2D eigenvalue weighted by atomic mass is 9.92. The molecule has 0 aromatic heterocycles. The quantitative estimate of drug-likeness (QED) is 0.803. The molecule has 2 atom stereocenters. The van der Waals surface area contributed by atoms with Crippen LogP contribution in [0.3, 0.4) is 0 Å². The van der Waals surface area contributed by atoms with Gasteiger partial charge < -0.3 is 15.3 Å². The van der Waals surface area contributed by atoms with Gasteiger partial charge in [0.25, 0.3) is 5.91 Å². The molecule has 1 unspecified atom stereocenters. The number of carbonyl (C=O) groups is 2. The number of hydrogen-bond donors (Lipinski definition) is 2. The van der Waals surface area contributed by atoms with Crippen molar-refractivity contribution >= 4 is 23.2 Å². The maximum atomic E-state index is 13.0. The Morgan fingerprint density at radius 2 is 1.79 bits per heavy atom. The summed E-state index contributed by atoms with van der Waals surface area (Å²) in [4.78, 5) is 26.9. The van der Waals surface area contributed by atoms with Gasteiger partial charge in [-0.3, -0.25) is 9.59 Å². The molecule has 2 aromatic carbocycles. The first-order chi connectivity index (χ1) is 13.8. The summed E-state index contributed by atoms with van der Waals surface area (Å²) in [5, 5.41) is 13.0. The maximum Gasteiger partial charge on any atom is 0.256 e. The molecule has 2 N–H and O–H groups in total. The largest absolute Gasteiger partial charge is 0.383 e. The van der Waals surface area contributed by atoms with Crippen molar-refractivity contribution in [1.29, 1.82) is 0 Å². The van der Waals surface area contributed by atoms with Gasteiger partial charge in [0.2, 0.25) is 5.91 Å². The van der Waals surface area contributed by atoms with Crippen LogP contribution in [0.4, 0.5) is 15.8 Å². The van der Waals surface area contributed by atoms with E-state index in [9.17, 15) is 19.1 Å². The molecule has 2 aromatic rings. The van der Waals surface area contributed by atoms with Crippen LogP contribution in [0.1, 0.15) is 44.2 Å². The summed E-state index contributed by atoms with van der Waals surface area (Å²) in [6.07, 6.45) is 0.598. The van der Waals surface area contributed by atoms with E-state index in [4.69, 9.17) is 0 Å². The minimum absolute atomic E-state index is 0.151. The summed E-state index contributed by atoms with van der Waals surface area (Å²) < 4.78 is 13.0. The summed E-state index contributed by atoms with van der Waals surface area (Å²) in [6, 6.07) is 11.3. The molecular formula is C23H27FN2O3. The van der Waals surface area contributed by atoms with E-state index in [1.54, 1.807) is 4.90 Å². The lowest BCUT2D eigenvalue weighted by Gasteiger charge is -2.32. The first-order valence-electron chi connectivity index (χ1n) is 9.96. The second-order valence-electron chi connectivity index (χ2n) is 7.89. The van der Waals surface area contributed by atoms with Crippen molar-refractivity contribution in [2.75, 3.05) is 16.8 Å². The van der Waals surface area contributed by atoms with E-state index in [0.717, 1.165) is 29.7 Å². The van der Waals surface area contributed by atoms with Gasteiger partial charge in [-0.15, -0.1) is 0 Å². The summed E-state index contributed by atoms with van der Waals surface area (Å²) in [7, 11) is 0. The van der Waals surface area contributed by atoms with Crippen molar-refractivity contribution in [2.24, 2.45) is 5.92 Å². The Kier molecular flexibility index (Phi) is 6.33. The highest BCUT2D eigenvalue weighted by Crippen LogP contribution is 2.31. The number of amides is 2. The SMILES string of the molecule is CC(C(=O)Nc1ccc(F)cc1)c1ccc2c(c1)CCCN2C(=O)[C@H](O)C(C)C. The fourth-order valence-corrected chi connectivity index (χ4v) is 3.50. The number of aliphatic hydroxyl groups excluding tert-OH is 1. The van der Waals surface area contributed by atoms with Gasteiger partial charge in [-0.05, 0) is 67.1 Å². The molecule has 29 heavy (non-hydrogen) atoms. The molecular weight excluding hydrogens is 371 g/mol. The number of hydrogen-bond acceptors (Lipinski definition) is 3. The predicted octanol–water partition coefficient (Wildman–Crippen LogP) is 3.86. The normalized spacial score (nSPS) is 15.6. The Balaban J connectivity index is 1.77. The van der Waals surface area contributed by atoms with Crippen LogP contribution in [0, 0.1) is 11.7 Å². The van der Waals surface area contributed by atoms with Gasteiger partial charge in [0.15, 0.2) is 0 Å². The average molecular weight is 398 g/mol. The van der Waals surface area contributed by atoms with Crippen LogP contribution >= 0.6 is 0 Å². The van der Waals surface area contributed by atoms with E-state index in [2.05, 4.69) is 5.32 Å². The number of fused-ring (bicyclic) bond motifs is 1. The standard InChI is InChI=1S/C23H27FN2O3/c1-14(2)21(27)23(29)26-12-4-5-17-13-16(6-11-20(17)26)15(3)22(28)25-19-9-7-18(24)8-10-19/h6-11,13-15,21,27H,4-5,12H2,1-3H3,(H,25,28)/t15?,21-/m1/s1. The number of nitrogens with one attached hydrogen (secondary N) is 1. The Labute approximate surface area is 170 Å². The molecule has 1 aliphatic rings. The Bertz CT molecular complexity index is 895. The van der Waals surface area contributed by atoms with Crippen LogP contribution in [0.15, 0.2) is 42.5 Å². The molecule has 0 fully saturated rings. The number of benzene rings is 2. The monoisotopic (exact) mass is 398 g/mol. The lowest BCUT2D eigenvalue weighted by molar-refractivity contribution is -0.128. The minimum Gasteiger partial charge on any atom is -0.383 e. The van der Waals surface area contributed by atoms with E-state index in [0.29, 0.717) is 12.2 Å². The highest BCUT2D eigenvalue weighted by molar-refractivity contribution is 5.98. The van der Waals surface area contributed by atoms with Crippen LogP contribution < -0.4 is 10.2 Å². The molecule has 0 aliphatic carbocycles. The fraction of sp³-hybridized carbons (Fsp3) is 0.391. The molecule has 3 rings (SSSR count). The zero-order valence-electron chi connectivity index (χ0n) is 17.0. The molecule has 1 heterocycles. The molecule has 0 spiro atoms. The molecule has 154 valence electrons. The number of anilines is 2. The highest BCUT2D eigenvalue weighted by Gasteiger charge is 2.29. The predicted molar refractivity (Wildman–Crippen MR) is 111 cm³/mol. The van der Waals surface area contributed by atoms with Crippen molar-refractivity contribution < 1.29 is 19.1 Å². The number of halogens is 1. The van der Waals surface area contributed by atoms with Crippen LogP contribution in [0.2, 0.25) is 0 Å². The van der Waals surface area contributed by atoms with E-state index in [1.165, 1.54) is 24.3 Å².